The molecule has 2 aromatic rings. The average molecular weight is 273 g/mol. The third kappa shape index (κ3) is 3.44. The van der Waals surface area contributed by atoms with E-state index >= 15 is 0 Å². The van der Waals surface area contributed by atoms with Crippen LogP contribution in [0.25, 0.3) is 0 Å². The molecule has 104 valence electrons. The summed E-state index contributed by atoms with van der Waals surface area (Å²) in [5, 5.41) is 6.64. The first-order valence-corrected chi connectivity index (χ1v) is 6.15. The highest BCUT2D eigenvalue weighted by atomic mass is 16.5. The monoisotopic (exact) mass is 273 g/mol. The van der Waals surface area contributed by atoms with Gasteiger partial charge in [-0.3, -0.25) is 9.59 Å². The Balaban J connectivity index is 1.89. The topological polar surface area (TPSA) is 73.2 Å². The summed E-state index contributed by atoms with van der Waals surface area (Å²) in [6.07, 6.45) is 1.53. The Bertz CT molecular complexity index is 635. The maximum absolute atomic E-state index is 11.9. The van der Waals surface area contributed by atoms with E-state index in [0.717, 1.165) is 0 Å². The molecule has 0 saturated carbocycles. The van der Waals surface area contributed by atoms with Crippen molar-refractivity contribution in [3.63, 3.8) is 0 Å². The Hall–Kier alpha value is -2.63. The first-order chi connectivity index (χ1) is 9.70. The van der Waals surface area contributed by atoms with Gasteiger partial charge >= 0.3 is 0 Å². The van der Waals surface area contributed by atoms with Crippen molar-refractivity contribution in [3.05, 3.63) is 58.5 Å². The summed E-state index contributed by atoms with van der Waals surface area (Å²) in [6.45, 7) is 0.670. The van der Waals surface area contributed by atoms with Crippen LogP contribution < -0.4 is 15.6 Å². The summed E-state index contributed by atoms with van der Waals surface area (Å²) >= 11 is 0. The first kappa shape index (κ1) is 13.8. The minimum Gasteiger partial charge on any atom is -0.497 e. The smallest absolute Gasteiger partial charge is 0.266 e. The molecule has 0 saturated heterocycles. The molecular weight excluding hydrogens is 258 g/mol. The number of nitrogens with zero attached hydrogens (tertiary/aromatic N) is 2. The Kier molecular flexibility index (Phi) is 4.49. The van der Waals surface area contributed by atoms with E-state index in [9.17, 15) is 9.59 Å². The molecule has 0 spiro atoms. The van der Waals surface area contributed by atoms with Crippen LogP contribution in [0.2, 0.25) is 0 Å². The van der Waals surface area contributed by atoms with Gasteiger partial charge in [0.2, 0.25) is 0 Å². The fourth-order valence-corrected chi connectivity index (χ4v) is 1.67. The third-order valence-electron chi connectivity index (χ3n) is 2.75. The number of carbonyl (C=O) groups excluding carboxylic acids is 1. The summed E-state index contributed by atoms with van der Waals surface area (Å²) in [7, 11) is 1.57. The lowest BCUT2D eigenvalue weighted by Crippen LogP contribution is -2.31. The summed E-state index contributed by atoms with van der Waals surface area (Å²) < 4.78 is 6.32. The molecule has 1 aromatic carbocycles. The van der Waals surface area contributed by atoms with Crippen LogP contribution in [0, 0.1) is 0 Å². The molecule has 1 amide bonds. The van der Waals surface area contributed by atoms with E-state index in [2.05, 4.69) is 10.4 Å². The highest BCUT2D eigenvalue weighted by Gasteiger charge is 2.05. The lowest BCUT2D eigenvalue weighted by molar-refractivity contribution is 0.0951. The number of carbonyl (C=O) groups is 1. The standard InChI is InChI=1S/C14H15N3O3/c1-20-12-6-4-11(5-7-12)14(19)15-9-10-17-13(18)3-2-8-16-17/h2-8H,9-10H2,1H3,(H,15,19). The van der Waals surface area contributed by atoms with Crippen molar-refractivity contribution in [3.8, 4) is 5.75 Å². The quantitative estimate of drug-likeness (QED) is 0.869. The number of amides is 1. The highest BCUT2D eigenvalue weighted by Crippen LogP contribution is 2.10. The minimum atomic E-state index is -0.198. The van der Waals surface area contributed by atoms with Gasteiger partial charge in [-0.05, 0) is 30.3 Å². The van der Waals surface area contributed by atoms with Crippen LogP contribution in [0.4, 0.5) is 0 Å². The predicted molar refractivity (Wildman–Crippen MR) is 73.8 cm³/mol. The molecule has 0 bridgehead atoms. The number of benzene rings is 1. The number of aromatic nitrogens is 2. The number of hydrogen-bond acceptors (Lipinski definition) is 4. The van der Waals surface area contributed by atoms with Crippen molar-refractivity contribution in [2.45, 2.75) is 6.54 Å². The second-order valence-corrected chi connectivity index (χ2v) is 4.07. The van der Waals surface area contributed by atoms with E-state index in [0.29, 0.717) is 24.4 Å². The van der Waals surface area contributed by atoms with Crippen molar-refractivity contribution >= 4 is 5.91 Å². The molecule has 6 heteroatoms. The molecule has 6 nitrogen and oxygen atoms in total. The van der Waals surface area contributed by atoms with Crippen molar-refractivity contribution in [1.29, 1.82) is 0 Å². The van der Waals surface area contributed by atoms with Crippen molar-refractivity contribution in [1.82, 2.24) is 15.1 Å². The Morgan fingerprint density at radius 1 is 1.30 bits per heavy atom. The normalized spacial score (nSPS) is 10.1. The summed E-state index contributed by atoms with van der Waals surface area (Å²) in [4.78, 5) is 23.3. The van der Waals surface area contributed by atoms with Gasteiger partial charge in [0, 0.05) is 24.4 Å². The zero-order valence-electron chi connectivity index (χ0n) is 11.1. The van der Waals surface area contributed by atoms with Gasteiger partial charge in [0.1, 0.15) is 5.75 Å². The second-order valence-electron chi connectivity index (χ2n) is 4.07. The number of hydrogen-bond donors (Lipinski definition) is 1. The number of methoxy groups -OCH3 is 1. The first-order valence-electron chi connectivity index (χ1n) is 6.15. The van der Waals surface area contributed by atoms with Crippen LogP contribution >= 0.6 is 0 Å². The SMILES string of the molecule is COc1ccc(C(=O)NCCn2ncccc2=O)cc1. The molecule has 0 fully saturated rings. The van der Waals surface area contributed by atoms with E-state index in [1.54, 1.807) is 37.4 Å². The van der Waals surface area contributed by atoms with Gasteiger partial charge < -0.3 is 10.1 Å². The number of rotatable bonds is 5. The zero-order chi connectivity index (χ0) is 14.4. The van der Waals surface area contributed by atoms with Crippen LogP contribution in [0.3, 0.4) is 0 Å². The Labute approximate surface area is 116 Å². The summed E-state index contributed by atoms with van der Waals surface area (Å²) in [5.74, 6) is 0.498. The van der Waals surface area contributed by atoms with Crippen LogP contribution in [0.1, 0.15) is 10.4 Å². The number of nitrogens with one attached hydrogen (secondary N) is 1. The van der Waals surface area contributed by atoms with E-state index in [1.807, 2.05) is 0 Å². The molecule has 20 heavy (non-hydrogen) atoms. The van der Waals surface area contributed by atoms with Crippen molar-refractivity contribution < 1.29 is 9.53 Å². The van der Waals surface area contributed by atoms with Gasteiger partial charge in [-0.2, -0.15) is 5.10 Å². The van der Waals surface area contributed by atoms with Crippen LogP contribution in [-0.4, -0.2) is 29.3 Å². The van der Waals surface area contributed by atoms with E-state index in [-0.39, 0.29) is 11.5 Å². The third-order valence-corrected chi connectivity index (χ3v) is 2.75. The molecule has 1 heterocycles. The molecule has 0 atom stereocenters. The van der Waals surface area contributed by atoms with Crippen LogP contribution in [0.15, 0.2) is 47.4 Å². The molecular formula is C14H15N3O3. The van der Waals surface area contributed by atoms with Gasteiger partial charge in [0.15, 0.2) is 0 Å². The van der Waals surface area contributed by atoms with E-state index in [4.69, 9.17) is 4.74 Å². The number of ether oxygens (including phenoxy) is 1. The van der Waals surface area contributed by atoms with Gasteiger partial charge in [0.05, 0.1) is 13.7 Å². The molecule has 0 unspecified atom stereocenters. The van der Waals surface area contributed by atoms with Gasteiger partial charge in [-0.1, -0.05) is 0 Å². The van der Waals surface area contributed by atoms with Gasteiger partial charge in [-0.25, -0.2) is 4.68 Å². The molecule has 0 aliphatic rings. The maximum Gasteiger partial charge on any atom is 0.266 e. The molecule has 0 aliphatic carbocycles. The van der Waals surface area contributed by atoms with Gasteiger partial charge in [-0.15, -0.1) is 0 Å². The fourth-order valence-electron chi connectivity index (χ4n) is 1.67. The Morgan fingerprint density at radius 3 is 2.70 bits per heavy atom. The van der Waals surface area contributed by atoms with Gasteiger partial charge in [0.25, 0.3) is 11.5 Å². The minimum absolute atomic E-state index is 0.189. The van der Waals surface area contributed by atoms with Crippen LogP contribution in [0.5, 0.6) is 5.75 Å². The maximum atomic E-state index is 11.9. The molecule has 1 N–H and O–H groups in total. The Morgan fingerprint density at radius 2 is 2.05 bits per heavy atom. The lowest BCUT2D eigenvalue weighted by Gasteiger charge is -2.07. The fraction of sp³-hybridized carbons (Fsp3) is 0.214. The lowest BCUT2D eigenvalue weighted by atomic mass is 10.2. The average Bonchev–Trinajstić information content (AvgIpc) is 2.49. The van der Waals surface area contributed by atoms with Crippen molar-refractivity contribution in [2.24, 2.45) is 0 Å². The molecule has 1 aromatic heterocycles. The molecule has 2 rings (SSSR count). The van der Waals surface area contributed by atoms with Crippen LogP contribution in [-0.2, 0) is 6.54 Å². The van der Waals surface area contributed by atoms with Crippen molar-refractivity contribution in [2.75, 3.05) is 13.7 Å². The molecule has 0 aliphatic heterocycles. The second kappa shape index (κ2) is 6.51. The molecule has 0 radical (unpaired) electrons. The highest BCUT2D eigenvalue weighted by molar-refractivity contribution is 5.94. The summed E-state index contributed by atoms with van der Waals surface area (Å²) in [5.41, 5.74) is 0.352. The summed E-state index contributed by atoms with van der Waals surface area (Å²) in [6, 6.07) is 9.81. The predicted octanol–water partition coefficient (Wildman–Crippen LogP) is 0.682. The largest absolute Gasteiger partial charge is 0.497 e. The zero-order valence-corrected chi connectivity index (χ0v) is 11.1. The van der Waals surface area contributed by atoms with E-state index < -0.39 is 0 Å². The van der Waals surface area contributed by atoms with E-state index in [1.165, 1.54) is 16.9 Å².